The van der Waals surface area contributed by atoms with Gasteiger partial charge >= 0.3 is 0 Å². The Hall–Kier alpha value is -1.88. The second-order valence-electron chi connectivity index (χ2n) is 7.47. The van der Waals surface area contributed by atoms with Crippen molar-refractivity contribution in [2.75, 3.05) is 13.7 Å². The van der Waals surface area contributed by atoms with Crippen LogP contribution in [-0.4, -0.2) is 35.5 Å². The molecule has 1 aromatic carbocycles. The van der Waals surface area contributed by atoms with Crippen LogP contribution in [0.5, 0.6) is 5.75 Å². The summed E-state index contributed by atoms with van der Waals surface area (Å²) in [5.41, 5.74) is 2.10. The molecule has 2 heterocycles. The van der Waals surface area contributed by atoms with Crippen LogP contribution in [0.3, 0.4) is 0 Å². The summed E-state index contributed by atoms with van der Waals surface area (Å²) in [6.45, 7) is 7.16. The van der Waals surface area contributed by atoms with Gasteiger partial charge in [0, 0.05) is 19.0 Å². The van der Waals surface area contributed by atoms with Gasteiger partial charge in [-0.3, -0.25) is 4.79 Å². The lowest BCUT2D eigenvalue weighted by Gasteiger charge is -2.24. The predicted molar refractivity (Wildman–Crippen MR) is 106 cm³/mol. The lowest BCUT2D eigenvalue weighted by Crippen LogP contribution is -2.36. The first-order valence-electron chi connectivity index (χ1n) is 9.38. The first kappa shape index (κ1) is 18.9. The molecule has 2 aromatic rings. The standard InChI is InChI=1S/C21H28N2O2S/c1-14(2)11-19-22-15(3)20(26-19)21(24)23-10-6-8-17(23)12-16-7-5-9-18(13-16)25-4/h5,7,9,13-14,17H,6,8,10-12H2,1-4H3. The predicted octanol–water partition coefficient (Wildman–Crippen LogP) is 4.51. The fraction of sp³-hybridized carbons (Fsp3) is 0.524. The Morgan fingerprint density at radius 3 is 2.96 bits per heavy atom. The molecule has 5 heteroatoms. The molecule has 1 aliphatic heterocycles. The van der Waals surface area contributed by atoms with Gasteiger partial charge in [-0.05, 0) is 49.8 Å². The molecule has 0 N–H and O–H groups in total. The molecule has 1 amide bonds. The summed E-state index contributed by atoms with van der Waals surface area (Å²) in [5.74, 6) is 1.58. The van der Waals surface area contributed by atoms with E-state index < -0.39 is 0 Å². The van der Waals surface area contributed by atoms with Gasteiger partial charge < -0.3 is 9.64 Å². The van der Waals surface area contributed by atoms with E-state index in [1.807, 2.05) is 19.1 Å². The SMILES string of the molecule is COc1cccc(CC2CCCN2C(=O)c2sc(CC(C)C)nc2C)c1. The molecular formula is C21H28N2O2S. The number of likely N-dealkylation sites (tertiary alicyclic amines) is 1. The maximum absolute atomic E-state index is 13.2. The van der Waals surface area contributed by atoms with Gasteiger partial charge in [0.05, 0.1) is 17.8 Å². The average Bonchev–Trinajstić information content (AvgIpc) is 3.20. The second kappa shape index (κ2) is 8.21. The van der Waals surface area contributed by atoms with Crippen molar-refractivity contribution in [3.63, 3.8) is 0 Å². The number of methoxy groups -OCH3 is 1. The fourth-order valence-electron chi connectivity index (χ4n) is 3.60. The largest absolute Gasteiger partial charge is 0.497 e. The van der Waals surface area contributed by atoms with Crippen molar-refractivity contribution >= 4 is 17.2 Å². The van der Waals surface area contributed by atoms with Gasteiger partial charge in [0.1, 0.15) is 10.6 Å². The first-order chi connectivity index (χ1) is 12.5. The third-order valence-corrected chi connectivity index (χ3v) is 6.03. The van der Waals surface area contributed by atoms with E-state index >= 15 is 0 Å². The van der Waals surface area contributed by atoms with E-state index in [2.05, 4.69) is 35.9 Å². The Bertz CT molecular complexity index is 769. The second-order valence-corrected chi connectivity index (χ2v) is 8.55. The molecule has 1 unspecified atom stereocenters. The number of ether oxygens (including phenoxy) is 1. The highest BCUT2D eigenvalue weighted by Gasteiger charge is 2.31. The van der Waals surface area contributed by atoms with E-state index in [-0.39, 0.29) is 11.9 Å². The summed E-state index contributed by atoms with van der Waals surface area (Å²) in [6.07, 6.45) is 3.93. The number of aryl methyl sites for hydroxylation is 1. The topological polar surface area (TPSA) is 42.4 Å². The zero-order valence-electron chi connectivity index (χ0n) is 16.1. The number of carbonyl (C=O) groups is 1. The highest BCUT2D eigenvalue weighted by Crippen LogP contribution is 2.28. The smallest absolute Gasteiger partial charge is 0.266 e. The number of benzene rings is 1. The summed E-state index contributed by atoms with van der Waals surface area (Å²) < 4.78 is 5.33. The minimum atomic E-state index is 0.153. The molecule has 1 aromatic heterocycles. The maximum Gasteiger partial charge on any atom is 0.266 e. The minimum absolute atomic E-state index is 0.153. The van der Waals surface area contributed by atoms with Gasteiger partial charge in [-0.25, -0.2) is 4.98 Å². The van der Waals surface area contributed by atoms with Crippen LogP contribution >= 0.6 is 11.3 Å². The number of amides is 1. The van der Waals surface area contributed by atoms with Crippen LogP contribution in [0.25, 0.3) is 0 Å². The van der Waals surface area contributed by atoms with Crippen molar-refractivity contribution in [1.29, 1.82) is 0 Å². The van der Waals surface area contributed by atoms with E-state index in [0.29, 0.717) is 5.92 Å². The van der Waals surface area contributed by atoms with E-state index in [4.69, 9.17) is 4.74 Å². The molecule has 1 saturated heterocycles. The normalized spacial score (nSPS) is 17.1. The van der Waals surface area contributed by atoms with Crippen LogP contribution in [0.4, 0.5) is 0 Å². The van der Waals surface area contributed by atoms with E-state index in [0.717, 1.165) is 53.6 Å². The van der Waals surface area contributed by atoms with Gasteiger partial charge in [0.25, 0.3) is 5.91 Å². The zero-order valence-corrected chi connectivity index (χ0v) is 16.9. The average molecular weight is 373 g/mol. The summed E-state index contributed by atoms with van der Waals surface area (Å²) in [4.78, 5) is 20.7. The van der Waals surface area contributed by atoms with E-state index in [1.165, 1.54) is 5.56 Å². The molecule has 1 atom stereocenters. The zero-order chi connectivity index (χ0) is 18.7. The van der Waals surface area contributed by atoms with Crippen LogP contribution in [0.2, 0.25) is 0 Å². The van der Waals surface area contributed by atoms with Gasteiger partial charge in [-0.15, -0.1) is 11.3 Å². The third kappa shape index (κ3) is 4.26. The molecule has 3 rings (SSSR count). The molecule has 1 fully saturated rings. The van der Waals surface area contributed by atoms with E-state index in [1.54, 1.807) is 18.4 Å². The van der Waals surface area contributed by atoms with Crippen molar-refractivity contribution in [2.24, 2.45) is 5.92 Å². The molecule has 0 spiro atoms. The number of nitrogens with zero attached hydrogens (tertiary/aromatic N) is 2. The first-order valence-corrected chi connectivity index (χ1v) is 10.2. The number of thiazole rings is 1. The fourth-order valence-corrected chi connectivity index (χ4v) is 4.84. The minimum Gasteiger partial charge on any atom is -0.497 e. The molecule has 26 heavy (non-hydrogen) atoms. The summed E-state index contributed by atoms with van der Waals surface area (Å²) >= 11 is 1.57. The van der Waals surface area contributed by atoms with Crippen molar-refractivity contribution in [2.45, 2.75) is 52.5 Å². The summed E-state index contributed by atoms with van der Waals surface area (Å²) in [7, 11) is 1.69. The Kier molecular flexibility index (Phi) is 5.97. The number of aromatic nitrogens is 1. The van der Waals surface area contributed by atoms with Crippen molar-refractivity contribution < 1.29 is 9.53 Å². The maximum atomic E-state index is 13.2. The molecule has 140 valence electrons. The van der Waals surface area contributed by atoms with Crippen molar-refractivity contribution in [1.82, 2.24) is 9.88 Å². The lowest BCUT2D eigenvalue weighted by molar-refractivity contribution is 0.0740. The molecule has 1 aliphatic rings. The molecule has 0 aliphatic carbocycles. The van der Waals surface area contributed by atoms with Gasteiger partial charge in [0.2, 0.25) is 0 Å². The van der Waals surface area contributed by atoms with Crippen LogP contribution in [0.15, 0.2) is 24.3 Å². The van der Waals surface area contributed by atoms with Crippen LogP contribution in [0.1, 0.15) is 52.6 Å². The van der Waals surface area contributed by atoms with Gasteiger partial charge in [-0.1, -0.05) is 26.0 Å². The van der Waals surface area contributed by atoms with Crippen molar-refractivity contribution in [3.05, 3.63) is 45.4 Å². The van der Waals surface area contributed by atoms with Crippen LogP contribution < -0.4 is 4.74 Å². The summed E-state index contributed by atoms with van der Waals surface area (Å²) in [5, 5.41) is 1.07. The van der Waals surface area contributed by atoms with E-state index in [9.17, 15) is 4.79 Å². The highest BCUT2D eigenvalue weighted by atomic mass is 32.1. The lowest BCUT2D eigenvalue weighted by atomic mass is 10.0. The Balaban J connectivity index is 1.75. The molecule has 0 radical (unpaired) electrons. The number of rotatable bonds is 6. The number of hydrogen-bond donors (Lipinski definition) is 0. The van der Waals surface area contributed by atoms with Crippen LogP contribution in [-0.2, 0) is 12.8 Å². The number of carbonyl (C=O) groups excluding carboxylic acids is 1. The summed E-state index contributed by atoms with van der Waals surface area (Å²) in [6, 6.07) is 8.41. The highest BCUT2D eigenvalue weighted by molar-refractivity contribution is 7.13. The van der Waals surface area contributed by atoms with Gasteiger partial charge in [-0.2, -0.15) is 0 Å². The Morgan fingerprint density at radius 2 is 2.23 bits per heavy atom. The molecule has 0 bridgehead atoms. The van der Waals surface area contributed by atoms with Crippen LogP contribution in [0, 0.1) is 12.8 Å². The van der Waals surface area contributed by atoms with Gasteiger partial charge in [0.15, 0.2) is 0 Å². The Labute approximate surface area is 160 Å². The monoisotopic (exact) mass is 372 g/mol. The quantitative estimate of drug-likeness (QED) is 0.749. The molecule has 4 nitrogen and oxygen atoms in total. The third-order valence-electron chi connectivity index (χ3n) is 4.86. The number of hydrogen-bond acceptors (Lipinski definition) is 4. The molecule has 0 saturated carbocycles. The molecular weight excluding hydrogens is 344 g/mol. The van der Waals surface area contributed by atoms with Crippen molar-refractivity contribution in [3.8, 4) is 5.75 Å². The Morgan fingerprint density at radius 1 is 1.42 bits per heavy atom.